The van der Waals surface area contributed by atoms with Crippen LogP contribution in [0.4, 0.5) is 5.69 Å². The Labute approximate surface area is 122 Å². The molecule has 0 radical (unpaired) electrons. The van der Waals surface area contributed by atoms with E-state index in [0.717, 1.165) is 16.5 Å². The van der Waals surface area contributed by atoms with Gasteiger partial charge in [0.25, 0.3) is 0 Å². The summed E-state index contributed by atoms with van der Waals surface area (Å²) in [6, 6.07) is 11.7. The highest BCUT2D eigenvalue weighted by molar-refractivity contribution is 7.98. The minimum atomic E-state index is -0.0922. The minimum absolute atomic E-state index is 0.0922. The van der Waals surface area contributed by atoms with Crippen molar-refractivity contribution in [1.29, 1.82) is 0 Å². The van der Waals surface area contributed by atoms with Gasteiger partial charge in [0, 0.05) is 12.7 Å². The number of pyridine rings is 1. The second-order valence-electron chi connectivity index (χ2n) is 4.20. The molecule has 1 aromatic carbocycles. The topological polar surface area (TPSA) is 51.2 Å². The fourth-order valence-electron chi connectivity index (χ4n) is 1.62. The van der Waals surface area contributed by atoms with Gasteiger partial charge in [-0.25, -0.2) is 4.98 Å². The monoisotopic (exact) mass is 288 g/mol. The van der Waals surface area contributed by atoms with Crippen molar-refractivity contribution < 1.29 is 9.53 Å². The lowest BCUT2D eigenvalue weighted by molar-refractivity contribution is -0.114. The molecule has 5 heteroatoms. The molecule has 1 heterocycles. The number of rotatable bonds is 5. The number of nitrogens with zero attached hydrogens (tertiary/aromatic N) is 1. The maximum atomic E-state index is 10.9. The summed E-state index contributed by atoms with van der Waals surface area (Å²) in [5.74, 6) is 1.61. The van der Waals surface area contributed by atoms with Crippen molar-refractivity contribution in [3.8, 4) is 5.75 Å². The maximum Gasteiger partial charge on any atom is 0.221 e. The zero-order valence-corrected chi connectivity index (χ0v) is 12.2. The molecule has 2 rings (SSSR count). The Morgan fingerprint density at radius 1 is 1.25 bits per heavy atom. The lowest BCUT2D eigenvalue weighted by Gasteiger charge is -2.05. The van der Waals surface area contributed by atoms with Crippen LogP contribution in [-0.2, 0) is 10.5 Å². The number of aromatic nitrogens is 1. The number of benzene rings is 1. The first-order valence-corrected chi connectivity index (χ1v) is 7.15. The molecule has 0 saturated heterocycles. The van der Waals surface area contributed by atoms with Crippen molar-refractivity contribution in [3.63, 3.8) is 0 Å². The molecule has 0 bridgehead atoms. The summed E-state index contributed by atoms with van der Waals surface area (Å²) in [6.07, 6.45) is 1.66. The summed E-state index contributed by atoms with van der Waals surface area (Å²) in [5, 5.41) is 3.62. The van der Waals surface area contributed by atoms with E-state index in [9.17, 15) is 4.79 Å². The summed E-state index contributed by atoms with van der Waals surface area (Å²) in [6.45, 7) is 1.48. The van der Waals surface area contributed by atoms with Gasteiger partial charge in [-0.1, -0.05) is 12.1 Å². The molecule has 0 spiro atoms. The van der Waals surface area contributed by atoms with Crippen LogP contribution in [0, 0.1) is 0 Å². The van der Waals surface area contributed by atoms with Crippen LogP contribution in [0.2, 0.25) is 0 Å². The predicted molar refractivity (Wildman–Crippen MR) is 81.1 cm³/mol. The van der Waals surface area contributed by atoms with Gasteiger partial charge in [-0.2, -0.15) is 0 Å². The smallest absolute Gasteiger partial charge is 0.221 e. The van der Waals surface area contributed by atoms with E-state index in [-0.39, 0.29) is 5.91 Å². The summed E-state index contributed by atoms with van der Waals surface area (Å²) in [7, 11) is 1.66. The molecule has 1 aromatic heterocycles. The van der Waals surface area contributed by atoms with E-state index < -0.39 is 0 Å². The molecule has 0 atom stereocenters. The van der Waals surface area contributed by atoms with Crippen LogP contribution in [0.15, 0.2) is 47.6 Å². The molecule has 104 valence electrons. The van der Waals surface area contributed by atoms with Crippen LogP contribution in [0.5, 0.6) is 5.75 Å². The van der Waals surface area contributed by atoms with Crippen molar-refractivity contribution in [3.05, 3.63) is 48.2 Å². The lowest BCUT2D eigenvalue weighted by Crippen LogP contribution is -2.05. The van der Waals surface area contributed by atoms with E-state index in [0.29, 0.717) is 5.69 Å². The Balaban J connectivity index is 1.91. The number of amides is 1. The number of hydrogen-bond acceptors (Lipinski definition) is 4. The number of carbonyl (C=O) groups excluding carboxylic acids is 1. The first kappa shape index (κ1) is 14.4. The van der Waals surface area contributed by atoms with Crippen LogP contribution in [0.25, 0.3) is 0 Å². The SMILES string of the molecule is COc1ccc(CSc2ccc(NC(C)=O)cn2)cc1. The number of ether oxygens (including phenoxy) is 1. The molecule has 1 N–H and O–H groups in total. The summed E-state index contributed by atoms with van der Waals surface area (Å²) >= 11 is 1.65. The Morgan fingerprint density at radius 3 is 2.55 bits per heavy atom. The van der Waals surface area contributed by atoms with Gasteiger partial charge in [0.05, 0.1) is 24.0 Å². The number of thioether (sulfide) groups is 1. The lowest BCUT2D eigenvalue weighted by atomic mass is 10.2. The number of anilines is 1. The van der Waals surface area contributed by atoms with Gasteiger partial charge in [-0.05, 0) is 29.8 Å². The Bertz CT molecular complexity index is 567. The standard InChI is InChI=1S/C15H16N2O2S/c1-11(18)17-13-5-8-15(16-9-13)20-10-12-3-6-14(19-2)7-4-12/h3-9H,10H2,1-2H3,(H,17,18). The molecule has 4 nitrogen and oxygen atoms in total. The third-order valence-corrected chi connectivity index (χ3v) is 3.62. The van der Waals surface area contributed by atoms with E-state index >= 15 is 0 Å². The number of methoxy groups -OCH3 is 1. The van der Waals surface area contributed by atoms with E-state index in [2.05, 4.69) is 10.3 Å². The molecule has 0 fully saturated rings. The van der Waals surface area contributed by atoms with Gasteiger partial charge in [0.15, 0.2) is 0 Å². The van der Waals surface area contributed by atoms with Crippen LogP contribution in [0.1, 0.15) is 12.5 Å². The van der Waals surface area contributed by atoms with Gasteiger partial charge in [0.2, 0.25) is 5.91 Å². The average Bonchev–Trinajstić information content (AvgIpc) is 2.46. The molecule has 1 amide bonds. The second kappa shape index (κ2) is 6.96. The summed E-state index contributed by atoms with van der Waals surface area (Å²) in [5.41, 5.74) is 1.93. The number of hydrogen-bond donors (Lipinski definition) is 1. The fourth-order valence-corrected chi connectivity index (χ4v) is 2.42. The van der Waals surface area contributed by atoms with Crippen LogP contribution >= 0.6 is 11.8 Å². The molecule has 0 aliphatic carbocycles. The van der Waals surface area contributed by atoms with Crippen molar-refractivity contribution in [2.45, 2.75) is 17.7 Å². The molecule has 2 aromatic rings. The zero-order chi connectivity index (χ0) is 14.4. The molecular formula is C15H16N2O2S. The van der Waals surface area contributed by atoms with Gasteiger partial charge in [-0.3, -0.25) is 4.79 Å². The van der Waals surface area contributed by atoms with Gasteiger partial charge < -0.3 is 10.1 Å². The molecule has 0 aliphatic heterocycles. The van der Waals surface area contributed by atoms with E-state index in [1.165, 1.54) is 12.5 Å². The van der Waals surface area contributed by atoms with E-state index in [1.54, 1.807) is 25.1 Å². The van der Waals surface area contributed by atoms with Gasteiger partial charge in [0.1, 0.15) is 5.75 Å². The van der Waals surface area contributed by atoms with Crippen molar-refractivity contribution in [2.24, 2.45) is 0 Å². The number of carbonyl (C=O) groups is 1. The molecule has 0 unspecified atom stereocenters. The highest BCUT2D eigenvalue weighted by Gasteiger charge is 2.00. The molecular weight excluding hydrogens is 272 g/mol. The second-order valence-corrected chi connectivity index (χ2v) is 5.20. The quantitative estimate of drug-likeness (QED) is 0.857. The van der Waals surface area contributed by atoms with Crippen LogP contribution in [0.3, 0.4) is 0 Å². The van der Waals surface area contributed by atoms with Crippen molar-refractivity contribution in [1.82, 2.24) is 4.98 Å². The normalized spacial score (nSPS) is 10.1. The third-order valence-electron chi connectivity index (χ3n) is 2.60. The molecule has 0 saturated carbocycles. The van der Waals surface area contributed by atoms with E-state index in [4.69, 9.17) is 4.74 Å². The average molecular weight is 288 g/mol. The number of nitrogens with one attached hydrogen (secondary N) is 1. The van der Waals surface area contributed by atoms with Crippen LogP contribution < -0.4 is 10.1 Å². The predicted octanol–water partition coefficient (Wildman–Crippen LogP) is 3.34. The van der Waals surface area contributed by atoms with Gasteiger partial charge in [-0.15, -0.1) is 11.8 Å². The largest absolute Gasteiger partial charge is 0.497 e. The highest BCUT2D eigenvalue weighted by atomic mass is 32.2. The van der Waals surface area contributed by atoms with Crippen LogP contribution in [-0.4, -0.2) is 18.0 Å². The highest BCUT2D eigenvalue weighted by Crippen LogP contribution is 2.23. The third kappa shape index (κ3) is 4.28. The Hall–Kier alpha value is -2.01. The first-order chi connectivity index (χ1) is 9.67. The summed E-state index contributed by atoms with van der Waals surface area (Å²) < 4.78 is 5.12. The zero-order valence-electron chi connectivity index (χ0n) is 11.4. The van der Waals surface area contributed by atoms with Crippen molar-refractivity contribution >= 4 is 23.4 Å². The Morgan fingerprint density at radius 2 is 2.00 bits per heavy atom. The maximum absolute atomic E-state index is 10.9. The van der Waals surface area contributed by atoms with Gasteiger partial charge >= 0.3 is 0 Å². The van der Waals surface area contributed by atoms with Crippen molar-refractivity contribution in [2.75, 3.05) is 12.4 Å². The fraction of sp³-hybridized carbons (Fsp3) is 0.200. The molecule has 0 aliphatic rings. The Kier molecular flexibility index (Phi) is 5.01. The molecule has 20 heavy (non-hydrogen) atoms. The van der Waals surface area contributed by atoms with E-state index in [1.807, 2.05) is 36.4 Å². The minimum Gasteiger partial charge on any atom is -0.497 e. The first-order valence-electron chi connectivity index (χ1n) is 6.17. The summed E-state index contributed by atoms with van der Waals surface area (Å²) in [4.78, 5) is 15.2.